The number of hydrogen-bond acceptors (Lipinski definition) is 2. The molecule has 1 amide bonds. The molecule has 0 fully saturated rings. The first-order chi connectivity index (χ1) is 8.36. The van der Waals surface area contributed by atoms with Crippen molar-refractivity contribution in [1.29, 1.82) is 0 Å². The van der Waals surface area contributed by atoms with Crippen molar-refractivity contribution >= 4 is 18.3 Å². The number of rotatable bonds is 5. The van der Waals surface area contributed by atoms with Crippen molar-refractivity contribution in [3.63, 3.8) is 0 Å². The van der Waals surface area contributed by atoms with Gasteiger partial charge in [0, 0.05) is 19.0 Å². The Morgan fingerprint density at radius 2 is 1.79 bits per heavy atom. The SMILES string of the molecule is CNCC(=O)N(C)CC(C)(C)c1ccc(C)cc1.Cl. The van der Waals surface area contributed by atoms with E-state index in [2.05, 4.69) is 50.4 Å². The lowest BCUT2D eigenvalue weighted by Gasteiger charge is -2.31. The molecule has 0 unspecified atom stereocenters. The molecule has 0 saturated heterocycles. The molecule has 0 aromatic heterocycles. The van der Waals surface area contributed by atoms with Crippen LogP contribution in [0.5, 0.6) is 0 Å². The molecule has 19 heavy (non-hydrogen) atoms. The maximum atomic E-state index is 11.8. The molecule has 4 heteroatoms. The fourth-order valence-corrected chi connectivity index (χ4v) is 2.06. The van der Waals surface area contributed by atoms with E-state index in [1.807, 2.05) is 7.05 Å². The second kappa shape index (κ2) is 7.51. The molecule has 0 heterocycles. The molecule has 0 aliphatic carbocycles. The summed E-state index contributed by atoms with van der Waals surface area (Å²) < 4.78 is 0. The third kappa shape index (κ3) is 5.21. The van der Waals surface area contributed by atoms with E-state index in [1.54, 1.807) is 11.9 Å². The molecule has 3 nitrogen and oxygen atoms in total. The molecule has 1 aromatic rings. The van der Waals surface area contributed by atoms with Crippen LogP contribution in [0.15, 0.2) is 24.3 Å². The molecule has 1 rings (SSSR count). The highest BCUT2D eigenvalue weighted by atomic mass is 35.5. The van der Waals surface area contributed by atoms with Gasteiger partial charge in [0.2, 0.25) is 5.91 Å². The highest BCUT2D eigenvalue weighted by Crippen LogP contribution is 2.24. The lowest BCUT2D eigenvalue weighted by molar-refractivity contribution is -0.129. The molecular formula is C15H25ClN2O. The maximum absolute atomic E-state index is 11.8. The average Bonchev–Trinajstić information content (AvgIpc) is 2.29. The van der Waals surface area contributed by atoms with Crippen molar-refractivity contribution in [2.75, 3.05) is 27.2 Å². The largest absolute Gasteiger partial charge is 0.344 e. The van der Waals surface area contributed by atoms with Gasteiger partial charge in [0.25, 0.3) is 0 Å². The topological polar surface area (TPSA) is 32.3 Å². The third-order valence-corrected chi connectivity index (χ3v) is 3.22. The normalized spacial score (nSPS) is 10.8. The zero-order valence-electron chi connectivity index (χ0n) is 12.5. The Morgan fingerprint density at radius 3 is 2.26 bits per heavy atom. The summed E-state index contributed by atoms with van der Waals surface area (Å²) in [4.78, 5) is 13.6. The highest BCUT2D eigenvalue weighted by molar-refractivity contribution is 5.85. The van der Waals surface area contributed by atoms with Crippen molar-refractivity contribution in [3.8, 4) is 0 Å². The second-order valence-corrected chi connectivity index (χ2v) is 5.53. The van der Waals surface area contributed by atoms with Crippen molar-refractivity contribution in [1.82, 2.24) is 10.2 Å². The monoisotopic (exact) mass is 284 g/mol. The molecule has 0 aliphatic heterocycles. The minimum Gasteiger partial charge on any atom is -0.344 e. The fraction of sp³-hybridized carbons (Fsp3) is 0.533. The molecule has 1 aromatic carbocycles. The van der Waals surface area contributed by atoms with E-state index in [4.69, 9.17) is 0 Å². The molecule has 0 aliphatic rings. The number of carbonyl (C=O) groups is 1. The summed E-state index contributed by atoms with van der Waals surface area (Å²) in [5, 5.41) is 2.89. The lowest BCUT2D eigenvalue weighted by atomic mass is 9.84. The molecule has 0 atom stereocenters. The number of amides is 1. The first kappa shape index (κ1) is 17.9. The molecule has 0 radical (unpaired) electrons. The van der Waals surface area contributed by atoms with Crippen LogP contribution in [0, 0.1) is 6.92 Å². The van der Waals surface area contributed by atoms with Gasteiger partial charge in [-0.1, -0.05) is 43.7 Å². The number of nitrogens with zero attached hydrogens (tertiary/aromatic N) is 1. The Labute approximate surface area is 122 Å². The number of likely N-dealkylation sites (N-methyl/N-ethyl adjacent to an activating group) is 2. The van der Waals surface area contributed by atoms with Gasteiger partial charge in [-0.25, -0.2) is 0 Å². The van der Waals surface area contributed by atoms with E-state index >= 15 is 0 Å². The minimum absolute atomic E-state index is 0. The summed E-state index contributed by atoms with van der Waals surface area (Å²) in [6.45, 7) is 7.53. The molecule has 108 valence electrons. The van der Waals surface area contributed by atoms with Gasteiger partial charge in [-0.15, -0.1) is 12.4 Å². The first-order valence-corrected chi connectivity index (χ1v) is 6.32. The quantitative estimate of drug-likeness (QED) is 0.900. The van der Waals surface area contributed by atoms with Crippen molar-refractivity contribution in [2.45, 2.75) is 26.2 Å². The summed E-state index contributed by atoms with van der Waals surface area (Å²) in [5.74, 6) is 0.123. The first-order valence-electron chi connectivity index (χ1n) is 6.32. The van der Waals surface area contributed by atoms with Gasteiger partial charge in [-0.05, 0) is 19.5 Å². The van der Waals surface area contributed by atoms with E-state index in [0.717, 1.165) is 6.54 Å². The van der Waals surface area contributed by atoms with E-state index < -0.39 is 0 Å². The van der Waals surface area contributed by atoms with Crippen molar-refractivity contribution in [2.24, 2.45) is 0 Å². The molecule has 0 saturated carbocycles. The second-order valence-electron chi connectivity index (χ2n) is 5.53. The number of benzene rings is 1. The van der Waals surface area contributed by atoms with Crippen molar-refractivity contribution in [3.05, 3.63) is 35.4 Å². The Hall–Kier alpha value is -1.06. The maximum Gasteiger partial charge on any atom is 0.236 e. The van der Waals surface area contributed by atoms with Gasteiger partial charge in [-0.2, -0.15) is 0 Å². The fourth-order valence-electron chi connectivity index (χ4n) is 2.06. The number of aryl methyl sites for hydroxylation is 1. The van der Waals surface area contributed by atoms with E-state index in [1.165, 1.54) is 11.1 Å². The van der Waals surface area contributed by atoms with E-state index in [9.17, 15) is 4.79 Å². The van der Waals surface area contributed by atoms with E-state index in [0.29, 0.717) is 6.54 Å². The highest BCUT2D eigenvalue weighted by Gasteiger charge is 2.24. The summed E-state index contributed by atoms with van der Waals surface area (Å²) >= 11 is 0. The summed E-state index contributed by atoms with van der Waals surface area (Å²) in [6, 6.07) is 8.52. The van der Waals surface area contributed by atoms with Crippen LogP contribution in [-0.4, -0.2) is 38.0 Å². The van der Waals surface area contributed by atoms with Crippen LogP contribution in [0.2, 0.25) is 0 Å². The number of nitrogens with one attached hydrogen (secondary N) is 1. The Bertz CT molecular complexity index is 401. The van der Waals surface area contributed by atoms with E-state index in [-0.39, 0.29) is 23.7 Å². The molecular weight excluding hydrogens is 260 g/mol. The number of halogens is 1. The van der Waals surface area contributed by atoms with Crippen LogP contribution in [0.3, 0.4) is 0 Å². The van der Waals surface area contributed by atoms with Crippen LogP contribution in [-0.2, 0) is 10.2 Å². The summed E-state index contributed by atoms with van der Waals surface area (Å²) in [6.07, 6.45) is 0. The summed E-state index contributed by atoms with van der Waals surface area (Å²) in [5.41, 5.74) is 2.48. The Morgan fingerprint density at radius 1 is 1.26 bits per heavy atom. The summed E-state index contributed by atoms with van der Waals surface area (Å²) in [7, 11) is 3.65. The van der Waals surface area contributed by atoms with Crippen LogP contribution in [0.4, 0.5) is 0 Å². The van der Waals surface area contributed by atoms with Gasteiger partial charge in [0.15, 0.2) is 0 Å². The van der Waals surface area contributed by atoms with Gasteiger partial charge in [-0.3, -0.25) is 4.79 Å². The smallest absolute Gasteiger partial charge is 0.236 e. The van der Waals surface area contributed by atoms with Gasteiger partial charge < -0.3 is 10.2 Å². The van der Waals surface area contributed by atoms with Crippen LogP contribution >= 0.6 is 12.4 Å². The zero-order chi connectivity index (χ0) is 13.8. The number of hydrogen-bond donors (Lipinski definition) is 1. The van der Waals surface area contributed by atoms with Gasteiger partial charge in [0.05, 0.1) is 6.54 Å². The third-order valence-electron chi connectivity index (χ3n) is 3.22. The molecule has 0 bridgehead atoms. The lowest BCUT2D eigenvalue weighted by Crippen LogP contribution is -2.41. The van der Waals surface area contributed by atoms with Crippen LogP contribution in [0.25, 0.3) is 0 Å². The average molecular weight is 285 g/mol. The molecule has 1 N–H and O–H groups in total. The van der Waals surface area contributed by atoms with Crippen molar-refractivity contribution < 1.29 is 4.79 Å². The minimum atomic E-state index is -0.0359. The van der Waals surface area contributed by atoms with Crippen LogP contribution < -0.4 is 5.32 Å². The Balaban J connectivity index is 0.00000324. The van der Waals surface area contributed by atoms with Crippen LogP contribution in [0.1, 0.15) is 25.0 Å². The van der Waals surface area contributed by atoms with Gasteiger partial charge >= 0.3 is 0 Å². The van der Waals surface area contributed by atoms with Gasteiger partial charge in [0.1, 0.15) is 0 Å². The molecule has 0 spiro atoms. The number of carbonyl (C=O) groups excluding carboxylic acids is 1. The predicted molar refractivity (Wildman–Crippen MR) is 83.0 cm³/mol. The Kier molecular flexibility index (Phi) is 7.09. The zero-order valence-corrected chi connectivity index (χ0v) is 13.3. The standard InChI is InChI=1S/C15H24N2O.ClH/c1-12-6-8-13(9-7-12)15(2,3)11-17(5)14(18)10-16-4;/h6-9,16H,10-11H2,1-5H3;1H. The predicted octanol–water partition coefficient (Wildman–Crippen LogP) is 2.37.